The van der Waals surface area contributed by atoms with Crippen LogP contribution in [0, 0.1) is 0 Å². The molecule has 1 aromatic carbocycles. The van der Waals surface area contributed by atoms with Gasteiger partial charge in [-0.25, -0.2) is 9.67 Å². The molecule has 0 amide bonds. The summed E-state index contributed by atoms with van der Waals surface area (Å²) in [4.78, 5) is 3.91. The molecule has 16 heavy (non-hydrogen) atoms. The number of benzene rings is 1. The van der Waals surface area contributed by atoms with E-state index in [9.17, 15) is 0 Å². The minimum Gasteiger partial charge on any atom is -0.367 e. The van der Waals surface area contributed by atoms with Crippen LogP contribution in [-0.4, -0.2) is 14.8 Å². The van der Waals surface area contributed by atoms with E-state index in [0.29, 0.717) is 12.5 Å². The third kappa shape index (κ3) is 1.55. The molecule has 4 nitrogen and oxygen atoms in total. The molecule has 0 bridgehead atoms. The Kier molecular flexibility index (Phi) is 2.11. The summed E-state index contributed by atoms with van der Waals surface area (Å²) in [5.41, 5.74) is 6.73. The maximum atomic E-state index is 5.48. The van der Waals surface area contributed by atoms with Gasteiger partial charge in [0, 0.05) is 4.70 Å². The van der Waals surface area contributed by atoms with Gasteiger partial charge in [-0.15, -0.1) is 16.4 Å². The zero-order chi connectivity index (χ0) is 11.0. The third-order valence-corrected chi connectivity index (χ3v) is 3.46. The minimum absolute atomic E-state index is 0.319. The third-order valence-electron chi connectivity index (χ3n) is 2.45. The van der Waals surface area contributed by atoms with Crippen LogP contribution in [0.4, 0.5) is 5.95 Å². The monoisotopic (exact) mass is 230 g/mol. The van der Waals surface area contributed by atoms with E-state index in [2.05, 4.69) is 33.7 Å². The molecule has 0 atom stereocenters. The molecule has 0 saturated carbocycles. The molecule has 0 aliphatic carbocycles. The zero-order valence-corrected chi connectivity index (χ0v) is 9.31. The Labute approximate surface area is 96.3 Å². The Balaban J connectivity index is 2.00. The van der Waals surface area contributed by atoms with E-state index in [0.717, 1.165) is 0 Å². The van der Waals surface area contributed by atoms with Gasteiger partial charge in [0.05, 0.1) is 6.54 Å². The first-order chi connectivity index (χ1) is 7.83. The van der Waals surface area contributed by atoms with Crippen LogP contribution >= 0.6 is 11.3 Å². The molecule has 0 aliphatic heterocycles. The fraction of sp³-hybridized carbons (Fsp3) is 0.0909. The van der Waals surface area contributed by atoms with Crippen LogP contribution in [0.15, 0.2) is 36.0 Å². The Bertz CT molecular complexity index is 625. The maximum Gasteiger partial charge on any atom is 0.239 e. The molecule has 0 aliphatic rings. The topological polar surface area (TPSA) is 56.7 Å². The van der Waals surface area contributed by atoms with Crippen molar-refractivity contribution in [3.8, 4) is 0 Å². The summed E-state index contributed by atoms with van der Waals surface area (Å²) >= 11 is 1.75. The molecular formula is C11H10N4S. The molecule has 3 rings (SSSR count). The molecule has 80 valence electrons. The van der Waals surface area contributed by atoms with Gasteiger partial charge in [0.25, 0.3) is 0 Å². The van der Waals surface area contributed by atoms with Crippen molar-refractivity contribution in [1.29, 1.82) is 0 Å². The lowest BCUT2D eigenvalue weighted by atomic mass is 10.2. The number of thiophene rings is 1. The van der Waals surface area contributed by atoms with Crippen LogP contribution in [-0.2, 0) is 6.54 Å². The van der Waals surface area contributed by atoms with Crippen molar-refractivity contribution < 1.29 is 0 Å². The van der Waals surface area contributed by atoms with E-state index in [1.807, 2.05) is 6.07 Å². The summed E-state index contributed by atoms with van der Waals surface area (Å²) in [6.07, 6.45) is 1.65. The van der Waals surface area contributed by atoms with Crippen molar-refractivity contribution in [2.75, 3.05) is 5.73 Å². The summed E-state index contributed by atoms with van der Waals surface area (Å²) in [5.74, 6) is 0.319. The van der Waals surface area contributed by atoms with Crippen LogP contribution in [0.1, 0.15) is 5.56 Å². The van der Waals surface area contributed by atoms with Crippen LogP contribution < -0.4 is 5.73 Å². The number of aromatic nitrogens is 3. The fourth-order valence-corrected chi connectivity index (χ4v) is 2.67. The largest absolute Gasteiger partial charge is 0.367 e. The Morgan fingerprint density at radius 1 is 1.31 bits per heavy atom. The molecule has 0 radical (unpaired) electrons. The van der Waals surface area contributed by atoms with E-state index >= 15 is 0 Å². The number of hydrogen-bond acceptors (Lipinski definition) is 4. The Morgan fingerprint density at radius 2 is 2.19 bits per heavy atom. The van der Waals surface area contributed by atoms with Crippen molar-refractivity contribution in [3.05, 3.63) is 41.5 Å². The summed E-state index contributed by atoms with van der Waals surface area (Å²) in [6.45, 7) is 0.716. The first-order valence-electron chi connectivity index (χ1n) is 4.93. The van der Waals surface area contributed by atoms with Crippen molar-refractivity contribution >= 4 is 27.4 Å². The Morgan fingerprint density at radius 3 is 3.00 bits per heavy atom. The fourth-order valence-electron chi connectivity index (χ4n) is 1.71. The molecule has 3 aromatic rings. The smallest absolute Gasteiger partial charge is 0.239 e. The van der Waals surface area contributed by atoms with Crippen LogP contribution in [0.2, 0.25) is 0 Å². The lowest BCUT2D eigenvalue weighted by molar-refractivity contribution is 0.692. The molecule has 2 N–H and O–H groups in total. The molecular weight excluding hydrogens is 220 g/mol. The highest BCUT2D eigenvalue weighted by Crippen LogP contribution is 2.25. The van der Waals surface area contributed by atoms with Gasteiger partial charge in [-0.05, 0) is 22.4 Å². The Hall–Kier alpha value is -1.88. The van der Waals surface area contributed by atoms with E-state index in [4.69, 9.17) is 5.73 Å². The average molecular weight is 230 g/mol. The number of nitrogen functional groups attached to an aromatic ring is 1. The van der Waals surface area contributed by atoms with E-state index in [-0.39, 0.29) is 0 Å². The molecule has 5 heteroatoms. The number of hydrogen-bond donors (Lipinski definition) is 1. The second kappa shape index (κ2) is 3.61. The van der Waals surface area contributed by atoms with Gasteiger partial charge >= 0.3 is 0 Å². The predicted molar refractivity (Wildman–Crippen MR) is 65.4 cm³/mol. The lowest BCUT2D eigenvalue weighted by Crippen LogP contribution is -2.00. The van der Waals surface area contributed by atoms with Gasteiger partial charge in [0.15, 0.2) is 0 Å². The average Bonchev–Trinajstić information content (AvgIpc) is 2.87. The van der Waals surface area contributed by atoms with Gasteiger partial charge in [-0.3, -0.25) is 0 Å². The summed E-state index contributed by atoms with van der Waals surface area (Å²) in [7, 11) is 0. The minimum atomic E-state index is 0.319. The molecule has 0 fully saturated rings. The van der Waals surface area contributed by atoms with Crippen LogP contribution in [0.3, 0.4) is 0 Å². The predicted octanol–water partition coefficient (Wildman–Crippen LogP) is 2.12. The summed E-state index contributed by atoms with van der Waals surface area (Å²) < 4.78 is 3.05. The van der Waals surface area contributed by atoms with Crippen molar-refractivity contribution in [3.63, 3.8) is 0 Å². The highest BCUT2D eigenvalue weighted by molar-refractivity contribution is 7.17. The number of nitrogens with two attached hydrogens (primary N) is 1. The quantitative estimate of drug-likeness (QED) is 0.733. The second-order valence-corrected chi connectivity index (χ2v) is 4.47. The van der Waals surface area contributed by atoms with Gasteiger partial charge in [-0.1, -0.05) is 18.2 Å². The molecule has 2 aromatic heterocycles. The molecule has 2 heterocycles. The van der Waals surface area contributed by atoms with E-state index in [1.165, 1.54) is 15.6 Å². The zero-order valence-electron chi connectivity index (χ0n) is 8.50. The van der Waals surface area contributed by atoms with E-state index in [1.54, 1.807) is 22.3 Å². The lowest BCUT2D eigenvalue weighted by Gasteiger charge is -1.98. The molecule has 0 unspecified atom stereocenters. The molecule has 0 spiro atoms. The van der Waals surface area contributed by atoms with Gasteiger partial charge in [0.2, 0.25) is 5.95 Å². The van der Waals surface area contributed by atoms with E-state index < -0.39 is 0 Å². The van der Waals surface area contributed by atoms with Gasteiger partial charge in [-0.2, -0.15) is 0 Å². The SMILES string of the molecule is Nc1ncn(Cc2csc3ccccc23)n1. The summed E-state index contributed by atoms with van der Waals surface area (Å²) in [6, 6.07) is 8.35. The normalized spacial score (nSPS) is 11.0. The number of rotatable bonds is 2. The summed E-state index contributed by atoms with van der Waals surface area (Å²) in [5, 5.41) is 7.51. The van der Waals surface area contributed by atoms with Crippen LogP contribution in [0.5, 0.6) is 0 Å². The highest BCUT2D eigenvalue weighted by atomic mass is 32.1. The standard InChI is InChI=1S/C11H10N4S/c12-11-13-7-15(14-11)5-8-6-16-10-4-2-1-3-9(8)10/h1-4,6-7H,5H2,(H2,12,14). The van der Waals surface area contributed by atoms with Crippen molar-refractivity contribution in [2.45, 2.75) is 6.54 Å². The van der Waals surface area contributed by atoms with Crippen molar-refractivity contribution in [1.82, 2.24) is 14.8 Å². The number of anilines is 1. The first-order valence-corrected chi connectivity index (χ1v) is 5.81. The number of nitrogens with zero attached hydrogens (tertiary/aromatic N) is 3. The first kappa shape index (κ1) is 9.35. The second-order valence-electron chi connectivity index (χ2n) is 3.56. The van der Waals surface area contributed by atoms with Crippen LogP contribution in [0.25, 0.3) is 10.1 Å². The maximum absolute atomic E-state index is 5.48. The molecule has 0 saturated heterocycles. The van der Waals surface area contributed by atoms with Crippen molar-refractivity contribution in [2.24, 2.45) is 0 Å². The van der Waals surface area contributed by atoms with Gasteiger partial charge in [0.1, 0.15) is 6.33 Å². The van der Waals surface area contributed by atoms with Gasteiger partial charge < -0.3 is 5.73 Å². The number of fused-ring (bicyclic) bond motifs is 1. The highest BCUT2D eigenvalue weighted by Gasteiger charge is 2.04.